The van der Waals surface area contributed by atoms with Gasteiger partial charge in [-0.05, 0) is 25.0 Å². The van der Waals surface area contributed by atoms with Gasteiger partial charge < -0.3 is 9.64 Å². The summed E-state index contributed by atoms with van der Waals surface area (Å²) in [5, 5.41) is 0. The average Bonchev–Trinajstić information content (AvgIpc) is 2.38. The first-order valence-corrected chi connectivity index (χ1v) is 6.41. The number of ether oxygens (including phenoxy) is 1. The average molecular weight is 258 g/mol. The second-order valence-corrected chi connectivity index (χ2v) is 4.59. The SMILES string of the molecule is CN(c1cccc(F)c1CCl)C1CCOCC1. The molecule has 1 aliphatic rings. The molecule has 2 rings (SSSR count). The van der Waals surface area contributed by atoms with Crippen molar-refractivity contribution in [3.63, 3.8) is 0 Å². The van der Waals surface area contributed by atoms with Crippen LogP contribution in [0.3, 0.4) is 0 Å². The van der Waals surface area contributed by atoms with E-state index in [1.54, 1.807) is 6.07 Å². The monoisotopic (exact) mass is 257 g/mol. The van der Waals surface area contributed by atoms with Gasteiger partial charge in [-0.2, -0.15) is 0 Å². The van der Waals surface area contributed by atoms with Crippen LogP contribution in [0, 0.1) is 5.82 Å². The minimum Gasteiger partial charge on any atom is -0.381 e. The third-order valence-corrected chi connectivity index (χ3v) is 3.61. The van der Waals surface area contributed by atoms with Crippen LogP contribution >= 0.6 is 11.6 Å². The summed E-state index contributed by atoms with van der Waals surface area (Å²) in [6.07, 6.45) is 1.96. The normalized spacial score (nSPS) is 17.1. The molecule has 1 aliphatic heterocycles. The summed E-state index contributed by atoms with van der Waals surface area (Å²) in [5.41, 5.74) is 1.48. The highest BCUT2D eigenvalue weighted by Crippen LogP contribution is 2.27. The van der Waals surface area contributed by atoms with Crippen molar-refractivity contribution in [2.75, 3.05) is 25.2 Å². The molecule has 0 spiro atoms. The molecular formula is C13H17ClFNO. The lowest BCUT2D eigenvalue weighted by atomic mass is 10.1. The van der Waals surface area contributed by atoms with Gasteiger partial charge in [0.1, 0.15) is 5.82 Å². The van der Waals surface area contributed by atoms with Crippen LogP contribution in [-0.2, 0) is 10.6 Å². The summed E-state index contributed by atoms with van der Waals surface area (Å²) in [5.74, 6) is -0.0216. The number of nitrogens with zero attached hydrogens (tertiary/aromatic N) is 1. The molecule has 4 heteroatoms. The highest BCUT2D eigenvalue weighted by molar-refractivity contribution is 6.17. The maximum Gasteiger partial charge on any atom is 0.129 e. The van der Waals surface area contributed by atoms with Crippen molar-refractivity contribution in [1.82, 2.24) is 0 Å². The maximum atomic E-state index is 13.6. The summed E-state index contributed by atoms with van der Waals surface area (Å²) in [6.45, 7) is 1.56. The minimum absolute atomic E-state index is 0.204. The molecule has 2 nitrogen and oxygen atoms in total. The van der Waals surface area contributed by atoms with Gasteiger partial charge in [0, 0.05) is 37.6 Å². The highest BCUT2D eigenvalue weighted by atomic mass is 35.5. The van der Waals surface area contributed by atoms with Crippen LogP contribution in [-0.4, -0.2) is 26.3 Å². The van der Waals surface area contributed by atoms with Gasteiger partial charge in [-0.1, -0.05) is 6.07 Å². The van der Waals surface area contributed by atoms with Gasteiger partial charge in [0.25, 0.3) is 0 Å². The van der Waals surface area contributed by atoms with Crippen molar-refractivity contribution in [2.24, 2.45) is 0 Å². The Bertz CT molecular complexity index is 380. The van der Waals surface area contributed by atoms with Gasteiger partial charge in [0.2, 0.25) is 0 Å². The Kier molecular flexibility index (Phi) is 4.24. The lowest BCUT2D eigenvalue weighted by Gasteiger charge is -2.34. The van der Waals surface area contributed by atoms with Crippen LogP contribution < -0.4 is 4.90 Å². The Balaban J connectivity index is 2.23. The molecule has 1 aromatic rings. The van der Waals surface area contributed by atoms with E-state index >= 15 is 0 Å². The van der Waals surface area contributed by atoms with Crippen molar-refractivity contribution < 1.29 is 9.13 Å². The van der Waals surface area contributed by atoms with Gasteiger partial charge in [-0.25, -0.2) is 4.39 Å². The van der Waals surface area contributed by atoms with E-state index in [-0.39, 0.29) is 11.7 Å². The molecule has 0 aliphatic carbocycles. The Morgan fingerprint density at radius 1 is 1.41 bits per heavy atom. The zero-order chi connectivity index (χ0) is 12.3. The first-order valence-electron chi connectivity index (χ1n) is 5.88. The molecule has 0 saturated carbocycles. The fourth-order valence-electron chi connectivity index (χ4n) is 2.28. The van der Waals surface area contributed by atoms with Gasteiger partial charge in [-0.3, -0.25) is 0 Å². The van der Waals surface area contributed by atoms with Gasteiger partial charge in [0.15, 0.2) is 0 Å². The molecule has 1 fully saturated rings. The third kappa shape index (κ3) is 2.72. The zero-order valence-corrected chi connectivity index (χ0v) is 10.7. The molecule has 0 N–H and O–H groups in total. The Morgan fingerprint density at radius 2 is 2.12 bits per heavy atom. The van der Waals surface area contributed by atoms with Gasteiger partial charge in [0.05, 0.1) is 5.88 Å². The zero-order valence-electron chi connectivity index (χ0n) is 9.96. The molecule has 1 heterocycles. The van der Waals surface area contributed by atoms with E-state index < -0.39 is 0 Å². The van der Waals surface area contributed by atoms with Gasteiger partial charge >= 0.3 is 0 Å². The van der Waals surface area contributed by atoms with E-state index in [9.17, 15) is 4.39 Å². The summed E-state index contributed by atoms with van der Waals surface area (Å²) in [4.78, 5) is 2.13. The number of hydrogen-bond donors (Lipinski definition) is 0. The number of anilines is 1. The van der Waals surface area contributed by atoms with Crippen LogP contribution in [0.2, 0.25) is 0 Å². The standard InChI is InChI=1S/C13H17ClFNO/c1-16(10-5-7-17-8-6-10)13-4-2-3-12(15)11(13)9-14/h2-4,10H,5-9H2,1H3. The quantitative estimate of drug-likeness (QED) is 0.771. The predicted molar refractivity (Wildman–Crippen MR) is 68.2 cm³/mol. The van der Waals surface area contributed by atoms with Crippen LogP contribution in [0.5, 0.6) is 0 Å². The van der Waals surface area contributed by atoms with E-state index in [1.165, 1.54) is 6.07 Å². The molecule has 0 amide bonds. The van der Waals surface area contributed by atoms with E-state index in [0.29, 0.717) is 11.6 Å². The van der Waals surface area contributed by atoms with E-state index in [4.69, 9.17) is 16.3 Å². The van der Waals surface area contributed by atoms with Crippen molar-refractivity contribution in [1.29, 1.82) is 0 Å². The molecule has 0 atom stereocenters. The summed E-state index contributed by atoms with van der Waals surface area (Å²) in [6, 6.07) is 5.53. The highest BCUT2D eigenvalue weighted by Gasteiger charge is 2.21. The third-order valence-electron chi connectivity index (χ3n) is 3.35. The first-order chi connectivity index (χ1) is 8.24. The topological polar surface area (TPSA) is 12.5 Å². The van der Waals surface area contributed by atoms with Crippen molar-refractivity contribution in [3.05, 3.63) is 29.6 Å². The van der Waals surface area contributed by atoms with Crippen LogP contribution in [0.15, 0.2) is 18.2 Å². The molecule has 1 aromatic carbocycles. The molecule has 0 radical (unpaired) electrons. The van der Waals surface area contributed by atoms with E-state index in [0.717, 1.165) is 31.7 Å². The first kappa shape index (κ1) is 12.7. The van der Waals surface area contributed by atoms with Crippen LogP contribution in [0.4, 0.5) is 10.1 Å². The van der Waals surface area contributed by atoms with Crippen LogP contribution in [0.1, 0.15) is 18.4 Å². The molecule has 1 saturated heterocycles. The van der Waals surface area contributed by atoms with E-state index in [2.05, 4.69) is 4.90 Å². The second kappa shape index (κ2) is 5.69. The van der Waals surface area contributed by atoms with E-state index in [1.807, 2.05) is 13.1 Å². The Labute approximate surface area is 106 Å². The lowest BCUT2D eigenvalue weighted by molar-refractivity contribution is 0.0854. The number of benzene rings is 1. The number of halogens is 2. The van der Waals surface area contributed by atoms with Crippen molar-refractivity contribution in [3.8, 4) is 0 Å². The number of rotatable bonds is 3. The summed E-state index contributed by atoms with van der Waals surface area (Å²) in [7, 11) is 2.00. The van der Waals surface area contributed by atoms with Crippen molar-refractivity contribution >= 4 is 17.3 Å². The molecule has 0 bridgehead atoms. The summed E-state index contributed by atoms with van der Waals surface area (Å²) >= 11 is 5.83. The molecule has 0 unspecified atom stereocenters. The number of hydrogen-bond acceptors (Lipinski definition) is 2. The smallest absolute Gasteiger partial charge is 0.129 e. The predicted octanol–water partition coefficient (Wildman–Crippen LogP) is 3.18. The number of alkyl halides is 1. The molecule has 17 heavy (non-hydrogen) atoms. The summed E-state index contributed by atoms with van der Waals surface area (Å²) < 4.78 is 19.0. The fourth-order valence-corrected chi connectivity index (χ4v) is 2.54. The van der Waals surface area contributed by atoms with Crippen molar-refractivity contribution in [2.45, 2.75) is 24.8 Å². The molecular weight excluding hydrogens is 241 g/mol. The molecule has 0 aromatic heterocycles. The largest absolute Gasteiger partial charge is 0.381 e. The Hall–Kier alpha value is -0.800. The molecule has 94 valence electrons. The fraction of sp³-hybridized carbons (Fsp3) is 0.538. The maximum absolute atomic E-state index is 13.6. The van der Waals surface area contributed by atoms with Gasteiger partial charge in [-0.15, -0.1) is 11.6 Å². The second-order valence-electron chi connectivity index (χ2n) is 4.33. The lowest BCUT2D eigenvalue weighted by Crippen LogP contribution is -2.37. The Morgan fingerprint density at radius 3 is 2.76 bits per heavy atom. The van der Waals surface area contributed by atoms with Crippen LogP contribution in [0.25, 0.3) is 0 Å². The minimum atomic E-state index is -0.226.